The standard InChI is InChI=1S/C23H28N4OS/c1-15-8-10-27(11-9-15)21(22-5-4-12-29-22)14-24-23(28)18-6-7-19-20(13-18)26-17(3)16(2)25-19/h4-7,12-13,15,21H,8-11,14H2,1-3H3,(H,24,28)/t21-/m1/s1. The van der Waals surface area contributed by atoms with Crippen molar-refractivity contribution >= 4 is 28.3 Å². The number of rotatable bonds is 5. The Labute approximate surface area is 176 Å². The second kappa shape index (κ2) is 8.59. The van der Waals surface area contributed by atoms with Crippen LogP contribution in [0.4, 0.5) is 0 Å². The molecule has 1 fully saturated rings. The van der Waals surface area contributed by atoms with Gasteiger partial charge >= 0.3 is 0 Å². The molecule has 29 heavy (non-hydrogen) atoms. The van der Waals surface area contributed by atoms with Gasteiger partial charge < -0.3 is 5.32 Å². The average Bonchev–Trinajstić information content (AvgIpc) is 3.24. The maximum atomic E-state index is 12.9. The van der Waals surface area contributed by atoms with Crippen LogP contribution < -0.4 is 5.32 Å². The number of piperidine rings is 1. The third-order valence-electron chi connectivity index (χ3n) is 5.92. The van der Waals surface area contributed by atoms with Gasteiger partial charge in [-0.05, 0) is 75.3 Å². The third-order valence-corrected chi connectivity index (χ3v) is 6.90. The number of nitrogens with zero attached hydrogens (tertiary/aromatic N) is 3. The maximum absolute atomic E-state index is 12.9. The van der Waals surface area contributed by atoms with Crippen LogP contribution in [-0.2, 0) is 0 Å². The van der Waals surface area contributed by atoms with Gasteiger partial charge in [0.25, 0.3) is 5.91 Å². The number of hydrogen-bond donors (Lipinski definition) is 1. The highest BCUT2D eigenvalue weighted by molar-refractivity contribution is 7.10. The van der Waals surface area contributed by atoms with Gasteiger partial charge in [-0.15, -0.1) is 11.3 Å². The summed E-state index contributed by atoms with van der Waals surface area (Å²) >= 11 is 1.77. The van der Waals surface area contributed by atoms with E-state index in [1.807, 2.05) is 32.0 Å². The minimum atomic E-state index is -0.0566. The monoisotopic (exact) mass is 408 g/mol. The molecular formula is C23H28N4OS. The minimum absolute atomic E-state index is 0.0566. The summed E-state index contributed by atoms with van der Waals surface area (Å²) in [5, 5.41) is 5.28. The number of aryl methyl sites for hydroxylation is 2. The zero-order valence-corrected chi connectivity index (χ0v) is 18.1. The van der Waals surface area contributed by atoms with E-state index in [1.54, 1.807) is 11.3 Å². The molecule has 152 valence electrons. The topological polar surface area (TPSA) is 58.1 Å². The number of hydrogen-bond acceptors (Lipinski definition) is 5. The molecule has 6 heteroatoms. The second-order valence-corrected chi connectivity index (χ2v) is 9.04. The van der Waals surface area contributed by atoms with E-state index < -0.39 is 0 Å². The molecule has 0 bridgehead atoms. The van der Waals surface area contributed by atoms with E-state index in [0.29, 0.717) is 12.1 Å². The SMILES string of the molecule is Cc1nc2ccc(C(=O)NC[C@H](c3cccs3)N3CCC(C)CC3)cc2nc1C. The van der Waals surface area contributed by atoms with Gasteiger partial charge in [0, 0.05) is 17.0 Å². The molecular weight excluding hydrogens is 380 g/mol. The van der Waals surface area contributed by atoms with Crippen molar-refractivity contribution in [1.82, 2.24) is 20.2 Å². The lowest BCUT2D eigenvalue weighted by Gasteiger charge is -2.36. The third kappa shape index (κ3) is 4.49. The maximum Gasteiger partial charge on any atom is 0.251 e. The molecule has 4 rings (SSSR count). The lowest BCUT2D eigenvalue weighted by Crippen LogP contribution is -2.41. The van der Waals surface area contributed by atoms with Crippen LogP contribution in [0.1, 0.15) is 52.4 Å². The highest BCUT2D eigenvalue weighted by Crippen LogP contribution is 2.29. The van der Waals surface area contributed by atoms with Gasteiger partial charge in [0.2, 0.25) is 0 Å². The summed E-state index contributed by atoms with van der Waals surface area (Å²) in [6, 6.07) is 10.1. The van der Waals surface area contributed by atoms with E-state index in [2.05, 4.69) is 44.6 Å². The molecule has 2 aromatic heterocycles. The summed E-state index contributed by atoms with van der Waals surface area (Å²) in [5.41, 5.74) is 4.04. The number of nitrogens with one attached hydrogen (secondary N) is 1. The van der Waals surface area contributed by atoms with Gasteiger partial charge in [0.15, 0.2) is 0 Å². The molecule has 1 N–H and O–H groups in total. The lowest BCUT2D eigenvalue weighted by molar-refractivity contribution is 0.0915. The molecule has 1 atom stereocenters. The Hall–Kier alpha value is -2.31. The van der Waals surface area contributed by atoms with Gasteiger partial charge in [-0.2, -0.15) is 0 Å². The van der Waals surface area contributed by atoms with Crippen LogP contribution in [0.5, 0.6) is 0 Å². The van der Waals surface area contributed by atoms with Gasteiger partial charge in [-0.1, -0.05) is 13.0 Å². The summed E-state index contributed by atoms with van der Waals surface area (Å²) in [6.07, 6.45) is 2.44. The number of likely N-dealkylation sites (tertiary alicyclic amines) is 1. The fourth-order valence-corrected chi connectivity index (χ4v) is 4.75. The van der Waals surface area contributed by atoms with Gasteiger partial charge in [-0.25, -0.2) is 9.97 Å². The van der Waals surface area contributed by atoms with Crippen LogP contribution in [-0.4, -0.2) is 40.4 Å². The van der Waals surface area contributed by atoms with Crippen LogP contribution in [0.2, 0.25) is 0 Å². The largest absolute Gasteiger partial charge is 0.350 e. The van der Waals surface area contributed by atoms with Crippen LogP contribution in [0, 0.1) is 19.8 Å². The van der Waals surface area contributed by atoms with Crippen LogP contribution in [0.3, 0.4) is 0 Å². The van der Waals surface area contributed by atoms with E-state index in [1.165, 1.54) is 17.7 Å². The predicted octanol–water partition coefficient (Wildman–Crippen LogP) is 4.51. The van der Waals surface area contributed by atoms with E-state index in [-0.39, 0.29) is 11.9 Å². The molecule has 0 aliphatic carbocycles. The molecule has 1 aliphatic rings. The highest BCUT2D eigenvalue weighted by atomic mass is 32.1. The van der Waals surface area contributed by atoms with Gasteiger partial charge in [0.05, 0.1) is 28.5 Å². The number of thiophene rings is 1. The molecule has 3 aromatic rings. The Balaban J connectivity index is 1.49. The van der Waals surface area contributed by atoms with Crippen molar-refractivity contribution in [1.29, 1.82) is 0 Å². The first-order valence-electron chi connectivity index (χ1n) is 10.3. The minimum Gasteiger partial charge on any atom is -0.350 e. The number of amides is 1. The fraction of sp³-hybridized carbons (Fsp3) is 0.435. The summed E-state index contributed by atoms with van der Waals surface area (Å²) in [4.78, 5) is 25.8. The Morgan fingerprint density at radius 3 is 2.59 bits per heavy atom. The second-order valence-electron chi connectivity index (χ2n) is 8.06. The normalized spacial score (nSPS) is 16.8. The number of fused-ring (bicyclic) bond motifs is 1. The number of carbonyl (C=O) groups excluding carboxylic acids is 1. The Morgan fingerprint density at radius 1 is 1.17 bits per heavy atom. The highest BCUT2D eigenvalue weighted by Gasteiger charge is 2.26. The molecule has 1 amide bonds. The van der Waals surface area contributed by atoms with Crippen LogP contribution in [0.25, 0.3) is 11.0 Å². The predicted molar refractivity (Wildman–Crippen MR) is 118 cm³/mol. The first kappa shape index (κ1) is 20.0. The van der Waals surface area contributed by atoms with Crippen molar-refractivity contribution in [2.45, 2.75) is 39.7 Å². The van der Waals surface area contributed by atoms with Crippen molar-refractivity contribution in [3.05, 3.63) is 57.5 Å². The quantitative estimate of drug-likeness (QED) is 0.675. The van der Waals surface area contributed by atoms with Crippen molar-refractivity contribution in [3.8, 4) is 0 Å². The van der Waals surface area contributed by atoms with E-state index in [4.69, 9.17) is 0 Å². The first-order chi connectivity index (χ1) is 14.0. The summed E-state index contributed by atoms with van der Waals surface area (Å²) < 4.78 is 0. The molecule has 1 aromatic carbocycles. The smallest absolute Gasteiger partial charge is 0.251 e. The zero-order valence-electron chi connectivity index (χ0n) is 17.3. The molecule has 0 unspecified atom stereocenters. The molecule has 5 nitrogen and oxygen atoms in total. The number of carbonyl (C=O) groups is 1. The molecule has 0 spiro atoms. The lowest BCUT2D eigenvalue weighted by atomic mass is 9.97. The first-order valence-corrected chi connectivity index (χ1v) is 11.2. The van der Waals surface area contributed by atoms with E-state index >= 15 is 0 Å². The van der Waals surface area contributed by atoms with Crippen molar-refractivity contribution in [3.63, 3.8) is 0 Å². The van der Waals surface area contributed by atoms with Crippen LogP contribution >= 0.6 is 11.3 Å². The van der Waals surface area contributed by atoms with Gasteiger partial charge in [-0.3, -0.25) is 9.69 Å². The molecule has 1 saturated heterocycles. The molecule has 3 heterocycles. The number of aromatic nitrogens is 2. The van der Waals surface area contributed by atoms with E-state index in [9.17, 15) is 4.79 Å². The van der Waals surface area contributed by atoms with E-state index in [0.717, 1.165) is 41.4 Å². The zero-order chi connectivity index (χ0) is 20.4. The van der Waals surface area contributed by atoms with Crippen molar-refractivity contribution in [2.24, 2.45) is 5.92 Å². The Morgan fingerprint density at radius 2 is 1.90 bits per heavy atom. The van der Waals surface area contributed by atoms with Crippen molar-refractivity contribution < 1.29 is 4.79 Å². The molecule has 0 radical (unpaired) electrons. The average molecular weight is 409 g/mol. The summed E-state index contributed by atoms with van der Waals surface area (Å²) in [6.45, 7) is 9.01. The van der Waals surface area contributed by atoms with Gasteiger partial charge in [0.1, 0.15) is 0 Å². The number of benzene rings is 1. The van der Waals surface area contributed by atoms with Crippen LogP contribution in [0.15, 0.2) is 35.7 Å². The Bertz CT molecular complexity index is 994. The van der Waals surface area contributed by atoms with Crippen molar-refractivity contribution in [2.75, 3.05) is 19.6 Å². The summed E-state index contributed by atoms with van der Waals surface area (Å²) in [7, 11) is 0. The fourth-order valence-electron chi connectivity index (χ4n) is 3.89. The summed E-state index contributed by atoms with van der Waals surface area (Å²) in [5.74, 6) is 0.731. The molecule has 0 saturated carbocycles. The Kier molecular flexibility index (Phi) is 5.92. The molecule has 1 aliphatic heterocycles.